The molecule has 31 heavy (non-hydrogen) atoms. The number of aliphatic hydroxyl groups is 1. The maximum atomic E-state index is 12.5. The minimum absolute atomic E-state index is 0.319. The van der Waals surface area contributed by atoms with E-state index >= 15 is 0 Å². The van der Waals surface area contributed by atoms with Crippen molar-refractivity contribution >= 4 is 9.84 Å². The summed E-state index contributed by atoms with van der Waals surface area (Å²) in [4.78, 5) is 0. The molecule has 3 nitrogen and oxygen atoms in total. The van der Waals surface area contributed by atoms with Gasteiger partial charge in [-0.15, -0.1) is 0 Å². The molecule has 0 aromatic heterocycles. The summed E-state index contributed by atoms with van der Waals surface area (Å²) in [6.07, 6.45) is 6.49. The van der Waals surface area contributed by atoms with E-state index in [4.69, 9.17) is 0 Å². The number of hydrogen-bond acceptors (Lipinski definition) is 3. The molecule has 1 aliphatic rings. The molecule has 0 radical (unpaired) electrons. The largest absolute Gasteiger partial charge is 0.381 e. The lowest BCUT2D eigenvalue weighted by Crippen LogP contribution is -2.34. The van der Waals surface area contributed by atoms with Gasteiger partial charge in [-0.1, -0.05) is 67.4 Å². The Morgan fingerprint density at radius 2 is 1.32 bits per heavy atom. The molecular weight excluding hydrogens is 404 g/mol. The van der Waals surface area contributed by atoms with Crippen molar-refractivity contribution < 1.29 is 13.5 Å². The van der Waals surface area contributed by atoms with Gasteiger partial charge in [-0.05, 0) is 81.9 Å². The topological polar surface area (TPSA) is 54.4 Å². The lowest BCUT2D eigenvalue weighted by Gasteiger charge is -2.30. The van der Waals surface area contributed by atoms with Gasteiger partial charge in [0.05, 0.1) is 10.5 Å². The highest BCUT2D eigenvalue weighted by atomic mass is 32.2. The van der Waals surface area contributed by atoms with Gasteiger partial charge in [0.1, 0.15) is 5.60 Å². The average molecular weight is 443 g/mol. The van der Waals surface area contributed by atoms with Crippen molar-refractivity contribution in [3.63, 3.8) is 0 Å². The summed E-state index contributed by atoms with van der Waals surface area (Å²) in [5.41, 5.74) is 2.10. The molecule has 0 spiro atoms. The first-order chi connectivity index (χ1) is 14.5. The highest BCUT2D eigenvalue weighted by Gasteiger charge is 2.33. The van der Waals surface area contributed by atoms with Crippen LogP contribution in [0.4, 0.5) is 0 Å². The third kappa shape index (κ3) is 5.98. The Morgan fingerprint density at radius 1 is 0.806 bits per heavy atom. The second-order valence-electron chi connectivity index (χ2n) is 10.5. The summed E-state index contributed by atoms with van der Waals surface area (Å²) in [6.45, 7) is 7.25. The van der Waals surface area contributed by atoms with E-state index in [-0.39, 0.29) is 0 Å². The van der Waals surface area contributed by atoms with Crippen LogP contribution in [0.3, 0.4) is 0 Å². The van der Waals surface area contributed by atoms with Crippen molar-refractivity contribution in [1.29, 1.82) is 0 Å². The molecule has 0 aliphatic heterocycles. The van der Waals surface area contributed by atoms with E-state index in [0.29, 0.717) is 17.6 Å². The minimum atomic E-state index is -3.03. The van der Waals surface area contributed by atoms with Gasteiger partial charge in [0, 0.05) is 0 Å². The first-order valence-electron chi connectivity index (χ1n) is 11.6. The summed E-state index contributed by atoms with van der Waals surface area (Å²) < 4.78 is 24.3. The molecule has 1 N–H and O–H groups in total. The van der Waals surface area contributed by atoms with Gasteiger partial charge in [0.2, 0.25) is 0 Å². The van der Waals surface area contributed by atoms with E-state index < -0.39 is 20.2 Å². The molecule has 1 unspecified atom stereocenters. The molecule has 2 aromatic rings. The van der Waals surface area contributed by atoms with E-state index in [1.165, 1.54) is 5.56 Å². The molecule has 0 bridgehead atoms. The van der Waals surface area contributed by atoms with E-state index in [0.717, 1.165) is 49.7 Å². The van der Waals surface area contributed by atoms with Crippen LogP contribution in [0, 0.1) is 11.8 Å². The highest BCUT2D eigenvalue weighted by Crippen LogP contribution is 2.34. The molecule has 2 aromatic carbocycles. The van der Waals surface area contributed by atoms with Crippen LogP contribution in [-0.4, -0.2) is 24.0 Å². The second kappa shape index (κ2) is 9.46. The van der Waals surface area contributed by atoms with Crippen LogP contribution in [0.2, 0.25) is 0 Å². The van der Waals surface area contributed by atoms with Gasteiger partial charge in [0.15, 0.2) is 9.84 Å². The third-order valence-corrected chi connectivity index (χ3v) is 9.82. The SMILES string of the molecule is CC(O)(c1ccccc1)c1ccc(CCC2CCC(CS(=O)(=O)C(C)(C)C)CC2)cc1. The molecular formula is C27H38O3S. The number of sulfone groups is 1. The summed E-state index contributed by atoms with van der Waals surface area (Å²) in [5.74, 6) is 1.34. The van der Waals surface area contributed by atoms with E-state index in [9.17, 15) is 13.5 Å². The van der Waals surface area contributed by atoms with E-state index in [1.807, 2.05) is 49.4 Å². The summed E-state index contributed by atoms with van der Waals surface area (Å²) in [7, 11) is -3.03. The molecule has 1 atom stereocenters. The maximum absolute atomic E-state index is 12.5. The van der Waals surface area contributed by atoms with Gasteiger partial charge < -0.3 is 5.11 Å². The zero-order valence-electron chi connectivity index (χ0n) is 19.5. The van der Waals surface area contributed by atoms with Gasteiger partial charge in [-0.2, -0.15) is 0 Å². The smallest absolute Gasteiger partial charge is 0.155 e. The molecule has 1 saturated carbocycles. The Balaban J connectivity index is 1.50. The van der Waals surface area contributed by atoms with Crippen LogP contribution in [0.5, 0.6) is 0 Å². The van der Waals surface area contributed by atoms with Crippen LogP contribution < -0.4 is 0 Å². The zero-order chi connectivity index (χ0) is 22.7. The van der Waals surface area contributed by atoms with Crippen molar-refractivity contribution in [2.24, 2.45) is 11.8 Å². The Morgan fingerprint density at radius 3 is 1.87 bits per heavy atom. The molecule has 4 heteroatoms. The fourth-order valence-electron chi connectivity index (χ4n) is 4.54. The minimum Gasteiger partial charge on any atom is -0.381 e. The predicted octanol–water partition coefficient (Wildman–Crippen LogP) is 5.89. The molecule has 1 fully saturated rings. The van der Waals surface area contributed by atoms with E-state index in [1.54, 1.807) is 20.8 Å². The Bertz CT molecular complexity index is 930. The van der Waals surface area contributed by atoms with Gasteiger partial charge >= 0.3 is 0 Å². The van der Waals surface area contributed by atoms with Crippen LogP contribution >= 0.6 is 0 Å². The number of benzene rings is 2. The molecule has 0 heterocycles. The van der Waals surface area contributed by atoms with Crippen molar-refractivity contribution in [2.75, 3.05) is 5.75 Å². The molecule has 0 amide bonds. The number of rotatable bonds is 7. The molecule has 1 aliphatic carbocycles. The normalized spacial score (nSPS) is 22.1. The standard InChI is InChI=1S/C27H38O3S/c1-26(2,3)31(29,30)20-23-14-12-21(13-15-23)10-11-22-16-18-25(19-17-22)27(4,28)24-8-6-5-7-9-24/h5-9,16-19,21,23,28H,10-15,20H2,1-4H3. The van der Waals surface area contributed by atoms with Crippen LogP contribution in [-0.2, 0) is 21.9 Å². The quantitative estimate of drug-likeness (QED) is 0.581. The van der Waals surface area contributed by atoms with Crippen LogP contribution in [0.1, 0.15) is 76.5 Å². The van der Waals surface area contributed by atoms with Crippen LogP contribution in [0.15, 0.2) is 54.6 Å². The second-order valence-corrected chi connectivity index (χ2v) is 13.2. The predicted molar refractivity (Wildman–Crippen MR) is 129 cm³/mol. The lowest BCUT2D eigenvalue weighted by molar-refractivity contribution is 0.102. The summed E-state index contributed by atoms with van der Waals surface area (Å²) in [6, 6.07) is 18.1. The van der Waals surface area contributed by atoms with Crippen LogP contribution in [0.25, 0.3) is 0 Å². The lowest BCUT2D eigenvalue weighted by atomic mass is 9.80. The first kappa shape index (κ1) is 24.0. The van der Waals surface area contributed by atoms with Crippen molar-refractivity contribution in [3.05, 3.63) is 71.3 Å². The average Bonchev–Trinajstić information content (AvgIpc) is 2.73. The highest BCUT2D eigenvalue weighted by molar-refractivity contribution is 7.92. The van der Waals surface area contributed by atoms with E-state index in [2.05, 4.69) is 12.1 Å². The van der Waals surface area contributed by atoms with Gasteiger partial charge in [0.25, 0.3) is 0 Å². The summed E-state index contributed by atoms with van der Waals surface area (Å²) >= 11 is 0. The third-order valence-electron chi connectivity index (χ3n) is 7.05. The fraction of sp³-hybridized carbons (Fsp3) is 0.556. The molecule has 170 valence electrons. The van der Waals surface area contributed by atoms with Gasteiger partial charge in [-0.3, -0.25) is 0 Å². The fourth-order valence-corrected chi connectivity index (χ4v) is 6.00. The van der Waals surface area contributed by atoms with Crippen molar-refractivity contribution in [1.82, 2.24) is 0 Å². The molecule has 0 saturated heterocycles. The maximum Gasteiger partial charge on any atom is 0.155 e. The number of hydrogen-bond donors (Lipinski definition) is 1. The molecule has 3 rings (SSSR count). The Labute approximate surface area is 188 Å². The summed E-state index contributed by atoms with van der Waals surface area (Å²) in [5, 5.41) is 11.0. The monoisotopic (exact) mass is 442 g/mol. The number of aryl methyl sites for hydroxylation is 1. The Kier molecular flexibility index (Phi) is 7.32. The van der Waals surface area contributed by atoms with Crippen molar-refractivity contribution in [2.45, 2.75) is 76.6 Å². The Hall–Kier alpha value is -1.65. The van der Waals surface area contributed by atoms with Crippen molar-refractivity contribution in [3.8, 4) is 0 Å². The zero-order valence-corrected chi connectivity index (χ0v) is 20.3. The van der Waals surface area contributed by atoms with Gasteiger partial charge in [-0.25, -0.2) is 8.42 Å². The first-order valence-corrected chi connectivity index (χ1v) is 13.2.